The van der Waals surface area contributed by atoms with Crippen molar-refractivity contribution < 1.29 is 8.42 Å². The Kier molecular flexibility index (Phi) is 5.27. The second-order valence-corrected chi connectivity index (χ2v) is 8.12. The molecule has 2 rings (SSSR count). The lowest BCUT2D eigenvalue weighted by molar-refractivity contribution is 0.104. The molecular weight excluding hydrogens is 310 g/mol. The Hall–Kier alpha value is -0.660. The van der Waals surface area contributed by atoms with Crippen LogP contribution in [-0.2, 0) is 10.0 Å². The molecule has 0 N–H and O–H groups in total. The number of likely N-dealkylation sites (N-methyl/N-ethyl adjacent to an activating group) is 3. The van der Waals surface area contributed by atoms with Crippen LogP contribution >= 0.6 is 11.6 Å². The van der Waals surface area contributed by atoms with Crippen molar-refractivity contribution >= 4 is 21.6 Å². The molecule has 1 heterocycles. The highest BCUT2D eigenvalue weighted by molar-refractivity contribution is 7.89. The molecule has 118 valence electrons. The molecule has 1 aliphatic heterocycles. The number of hydrogen-bond acceptors (Lipinski definition) is 4. The molecule has 7 heteroatoms. The van der Waals surface area contributed by atoms with Crippen molar-refractivity contribution in [2.24, 2.45) is 0 Å². The fraction of sp³-hybridized carbons (Fsp3) is 0.571. The lowest BCUT2D eigenvalue weighted by atomic mass is 10.2. The normalized spacial score (nSPS) is 21.9. The van der Waals surface area contributed by atoms with E-state index in [1.807, 2.05) is 7.05 Å². The summed E-state index contributed by atoms with van der Waals surface area (Å²) in [6.45, 7) is 3.32. The van der Waals surface area contributed by atoms with Gasteiger partial charge in [0.25, 0.3) is 0 Å². The Morgan fingerprint density at radius 2 is 1.86 bits per heavy atom. The third-order valence-corrected chi connectivity index (χ3v) is 6.06. The summed E-state index contributed by atoms with van der Waals surface area (Å²) in [5.41, 5.74) is 0. The Morgan fingerprint density at radius 1 is 1.24 bits per heavy atom. The lowest BCUT2D eigenvalue weighted by Crippen LogP contribution is -2.54. The number of nitrogens with zero attached hydrogens (tertiary/aromatic N) is 3. The predicted octanol–water partition coefficient (Wildman–Crippen LogP) is 1.21. The van der Waals surface area contributed by atoms with Gasteiger partial charge in [-0.2, -0.15) is 4.31 Å². The largest absolute Gasteiger partial charge is 0.303 e. The van der Waals surface area contributed by atoms with Gasteiger partial charge in [0.2, 0.25) is 10.0 Å². The monoisotopic (exact) mass is 331 g/mol. The maximum Gasteiger partial charge on any atom is 0.242 e. The molecule has 1 saturated heterocycles. The number of hydrogen-bond donors (Lipinski definition) is 0. The Labute approximate surface area is 132 Å². The number of benzene rings is 1. The minimum absolute atomic E-state index is 0.204. The average Bonchev–Trinajstić information content (AvgIpc) is 2.43. The second kappa shape index (κ2) is 6.62. The fourth-order valence-corrected chi connectivity index (χ4v) is 3.81. The number of sulfonamides is 1. The summed E-state index contributed by atoms with van der Waals surface area (Å²) in [6.07, 6.45) is 0. The van der Waals surface area contributed by atoms with E-state index in [0.29, 0.717) is 11.6 Å². The summed E-state index contributed by atoms with van der Waals surface area (Å²) in [5.74, 6) is 0. The summed E-state index contributed by atoms with van der Waals surface area (Å²) in [5, 5.41) is 0.533. The van der Waals surface area contributed by atoms with Crippen molar-refractivity contribution in [1.29, 1.82) is 0 Å². The Balaban J connectivity index is 2.11. The van der Waals surface area contributed by atoms with Gasteiger partial charge in [-0.3, -0.25) is 4.90 Å². The molecular formula is C14H22ClN3O2S. The molecule has 1 aromatic rings. The van der Waals surface area contributed by atoms with Crippen LogP contribution in [0.25, 0.3) is 0 Å². The van der Waals surface area contributed by atoms with Crippen LogP contribution in [0.5, 0.6) is 0 Å². The molecule has 0 amide bonds. The topological polar surface area (TPSA) is 43.9 Å². The van der Waals surface area contributed by atoms with Crippen LogP contribution in [0.15, 0.2) is 29.2 Å². The van der Waals surface area contributed by atoms with Gasteiger partial charge in [-0.05, 0) is 38.4 Å². The van der Waals surface area contributed by atoms with Crippen molar-refractivity contribution in [2.75, 3.05) is 47.3 Å². The smallest absolute Gasteiger partial charge is 0.242 e. The molecule has 0 radical (unpaired) electrons. The van der Waals surface area contributed by atoms with E-state index in [2.05, 4.69) is 16.8 Å². The first-order chi connectivity index (χ1) is 9.80. The minimum Gasteiger partial charge on any atom is -0.303 e. The van der Waals surface area contributed by atoms with Gasteiger partial charge in [-0.15, -0.1) is 0 Å². The molecule has 0 saturated carbocycles. The van der Waals surface area contributed by atoms with E-state index in [0.717, 1.165) is 19.6 Å². The Bertz CT molecular complexity index is 576. The van der Waals surface area contributed by atoms with E-state index in [-0.39, 0.29) is 10.9 Å². The summed E-state index contributed by atoms with van der Waals surface area (Å²) in [7, 11) is 2.27. The second-order valence-electron chi connectivity index (χ2n) is 5.64. The average molecular weight is 332 g/mol. The zero-order valence-electron chi connectivity index (χ0n) is 12.7. The van der Waals surface area contributed by atoms with Gasteiger partial charge in [0.1, 0.15) is 0 Å². The minimum atomic E-state index is -3.47. The third-order valence-electron chi connectivity index (χ3n) is 3.97. The molecule has 1 fully saturated rings. The molecule has 1 unspecified atom stereocenters. The molecule has 0 aromatic heterocycles. The molecule has 0 aliphatic carbocycles. The summed E-state index contributed by atoms with van der Waals surface area (Å²) < 4.78 is 26.5. The predicted molar refractivity (Wildman–Crippen MR) is 85.2 cm³/mol. The van der Waals surface area contributed by atoms with Gasteiger partial charge in [0.05, 0.1) is 4.90 Å². The molecule has 0 bridgehead atoms. The molecule has 0 spiro atoms. The van der Waals surface area contributed by atoms with Crippen LogP contribution in [0, 0.1) is 0 Å². The van der Waals surface area contributed by atoms with Gasteiger partial charge in [0.15, 0.2) is 0 Å². The van der Waals surface area contributed by atoms with Crippen LogP contribution in [0.2, 0.25) is 5.02 Å². The summed E-state index contributed by atoms with van der Waals surface area (Å²) >= 11 is 5.81. The molecule has 21 heavy (non-hydrogen) atoms. The third kappa shape index (κ3) is 3.96. The molecule has 5 nitrogen and oxygen atoms in total. The van der Waals surface area contributed by atoms with E-state index in [9.17, 15) is 8.42 Å². The van der Waals surface area contributed by atoms with Crippen LogP contribution in [0.3, 0.4) is 0 Å². The van der Waals surface area contributed by atoms with Crippen molar-refractivity contribution in [3.05, 3.63) is 29.3 Å². The highest BCUT2D eigenvalue weighted by Gasteiger charge is 2.28. The van der Waals surface area contributed by atoms with Gasteiger partial charge < -0.3 is 4.90 Å². The highest BCUT2D eigenvalue weighted by atomic mass is 35.5. The lowest BCUT2D eigenvalue weighted by Gasteiger charge is -2.39. The van der Waals surface area contributed by atoms with E-state index >= 15 is 0 Å². The molecule has 1 aliphatic rings. The van der Waals surface area contributed by atoms with Gasteiger partial charge in [0, 0.05) is 44.3 Å². The Morgan fingerprint density at radius 3 is 2.48 bits per heavy atom. The first-order valence-corrected chi connectivity index (χ1v) is 8.73. The van der Waals surface area contributed by atoms with Crippen LogP contribution in [0.4, 0.5) is 0 Å². The van der Waals surface area contributed by atoms with Crippen LogP contribution in [0.1, 0.15) is 0 Å². The zero-order chi connectivity index (χ0) is 15.6. The summed E-state index contributed by atoms with van der Waals surface area (Å²) in [6, 6.07) is 6.50. The number of piperazine rings is 1. The highest BCUT2D eigenvalue weighted by Crippen LogP contribution is 2.18. The van der Waals surface area contributed by atoms with Crippen molar-refractivity contribution in [3.63, 3.8) is 0 Å². The number of halogens is 1. The SMILES string of the molecule is CN1CCN(C)C(CN(C)S(=O)(=O)c2ccc(Cl)cc2)C1. The van der Waals surface area contributed by atoms with Crippen molar-refractivity contribution in [1.82, 2.24) is 14.1 Å². The first kappa shape index (κ1) is 16.7. The van der Waals surface area contributed by atoms with Crippen molar-refractivity contribution in [2.45, 2.75) is 10.9 Å². The van der Waals surface area contributed by atoms with E-state index < -0.39 is 10.0 Å². The zero-order valence-corrected chi connectivity index (χ0v) is 14.2. The maximum atomic E-state index is 12.6. The fourth-order valence-electron chi connectivity index (χ4n) is 2.48. The van der Waals surface area contributed by atoms with Crippen LogP contribution in [-0.4, -0.2) is 75.9 Å². The quantitative estimate of drug-likeness (QED) is 0.832. The first-order valence-electron chi connectivity index (χ1n) is 6.91. The molecule has 1 aromatic carbocycles. The van der Waals surface area contributed by atoms with E-state index in [1.54, 1.807) is 31.3 Å². The van der Waals surface area contributed by atoms with E-state index in [1.165, 1.54) is 4.31 Å². The summed E-state index contributed by atoms with van der Waals surface area (Å²) in [4.78, 5) is 4.72. The van der Waals surface area contributed by atoms with Gasteiger partial charge >= 0.3 is 0 Å². The van der Waals surface area contributed by atoms with Crippen molar-refractivity contribution in [3.8, 4) is 0 Å². The molecule has 1 atom stereocenters. The maximum absolute atomic E-state index is 12.6. The van der Waals surface area contributed by atoms with Gasteiger partial charge in [-0.25, -0.2) is 8.42 Å². The van der Waals surface area contributed by atoms with Gasteiger partial charge in [-0.1, -0.05) is 11.6 Å². The van der Waals surface area contributed by atoms with Crippen LogP contribution < -0.4 is 0 Å². The standard InChI is InChI=1S/C14H22ClN3O2S/c1-16-8-9-17(2)13(10-16)11-18(3)21(19,20)14-6-4-12(15)5-7-14/h4-7,13H,8-11H2,1-3H3. The number of rotatable bonds is 4. The van der Waals surface area contributed by atoms with E-state index in [4.69, 9.17) is 11.6 Å².